The van der Waals surface area contributed by atoms with Crippen LogP contribution in [0.2, 0.25) is 0 Å². The summed E-state index contributed by atoms with van der Waals surface area (Å²) in [5.74, 6) is -0.940. The van der Waals surface area contributed by atoms with E-state index in [4.69, 9.17) is 0 Å². The molecule has 0 aromatic heterocycles. The van der Waals surface area contributed by atoms with Crippen molar-refractivity contribution in [2.24, 2.45) is 10.5 Å². The molecule has 0 atom stereocenters. The van der Waals surface area contributed by atoms with Crippen molar-refractivity contribution in [1.82, 2.24) is 5.43 Å². The van der Waals surface area contributed by atoms with Gasteiger partial charge in [0.1, 0.15) is 0 Å². The summed E-state index contributed by atoms with van der Waals surface area (Å²) < 4.78 is 37.4. The minimum atomic E-state index is -4.70. The first-order chi connectivity index (χ1) is 9.49. The molecule has 1 aromatic carbocycles. The highest BCUT2D eigenvalue weighted by molar-refractivity contribution is 9.10. The van der Waals surface area contributed by atoms with Crippen molar-refractivity contribution in [1.29, 1.82) is 0 Å². The molecule has 0 amide bonds. The zero-order valence-corrected chi connectivity index (χ0v) is 13.3. The highest BCUT2D eigenvalue weighted by atomic mass is 79.9. The van der Waals surface area contributed by atoms with Crippen LogP contribution in [-0.2, 0) is 4.79 Å². The predicted molar refractivity (Wildman–Crippen MR) is 78.9 cm³/mol. The molecule has 0 saturated heterocycles. The van der Waals surface area contributed by atoms with Gasteiger partial charge in [-0.15, -0.1) is 13.2 Å². The molecular weight excluding hydrogens is 351 g/mol. The largest absolute Gasteiger partial charge is 0.497 e. The van der Waals surface area contributed by atoms with Crippen LogP contribution < -0.4 is 10.7 Å². The van der Waals surface area contributed by atoms with Crippen LogP contribution in [0.3, 0.4) is 0 Å². The summed E-state index contributed by atoms with van der Waals surface area (Å²) in [6, 6.07) is 6.61. The second-order valence-corrected chi connectivity index (χ2v) is 6.20. The molecule has 0 fully saturated rings. The van der Waals surface area contributed by atoms with Crippen molar-refractivity contribution in [3.63, 3.8) is 0 Å². The minimum Gasteiger partial charge on any atom is -0.336 e. The number of hydrogen-bond acceptors (Lipinski definition) is 3. The quantitative estimate of drug-likeness (QED) is 0.369. The Balaban J connectivity index is 3.02. The highest BCUT2D eigenvalue weighted by Gasteiger charge is 2.30. The average Bonchev–Trinajstić information content (AvgIpc) is 2.33. The smallest absolute Gasteiger partial charge is 0.336 e. The topological polar surface area (TPSA) is 53.5 Å². The molecule has 0 saturated carbocycles. The fourth-order valence-corrected chi connectivity index (χ4v) is 1.54. The summed E-state index contributed by atoms with van der Waals surface area (Å²) in [6.07, 6.45) is -4.70. The maximum absolute atomic E-state index is 12.2. The van der Waals surface area contributed by atoms with E-state index < -0.39 is 23.3 Å². The van der Waals surface area contributed by atoms with Gasteiger partial charge in [-0.05, 0) is 24.3 Å². The number of nitrogens with one attached hydrogen (secondary N) is 2. The third kappa shape index (κ3) is 6.16. The number of ketones is 1. The normalized spacial score (nSPS) is 13.0. The van der Waals surface area contributed by atoms with Crippen LogP contribution in [0.15, 0.2) is 33.8 Å². The molecule has 0 spiro atoms. The van der Waals surface area contributed by atoms with Crippen molar-refractivity contribution in [2.75, 3.05) is 5.32 Å². The number of nitrogens with zero attached hydrogens (tertiary/aromatic N) is 1. The van der Waals surface area contributed by atoms with Gasteiger partial charge in [-0.25, -0.2) is 5.43 Å². The first-order valence-corrected chi connectivity index (χ1v) is 6.77. The fraction of sp³-hybridized carbons (Fsp3) is 0.385. The Morgan fingerprint density at radius 3 is 2.10 bits per heavy atom. The number of halogens is 4. The van der Waals surface area contributed by atoms with Crippen LogP contribution in [0.25, 0.3) is 0 Å². The number of rotatable bonds is 3. The second-order valence-electron chi connectivity index (χ2n) is 5.28. The van der Waals surface area contributed by atoms with Gasteiger partial charge in [0.25, 0.3) is 0 Å². The molecule has 0 aliphatic rings. The number of Topliss-reactive ketones (excluding diaryl/α,β-unsaturated/α-hetero) is 1. The summed E-state index contributed by atoms with van der Waals surface area (Å²) in [5, 5.41) is 5.75. The monoisotopic (exact) mass is 365 g/mol. The lowest BCUT2D eigenvalue weighted by Gasteiger charge is -2.19. The molecule has 116 valence electrons. The van der Waals surface area contributed by atoms with E-state index in [0.29, 0.717) is 5.69 Å². The van der Waals surface area contributed by atoms with Crippen molar-refractivity contribution in [3.8, 4) is 0 Å². The first kappa shape index (κ1) is 17.5. The lowest BCUT2D eigenvalue weighted by Crippen LogP contribution is -2.37. The number of amidine groups is 1. The van der Waals surface area contributed by atoms with E-state index in [1.807, 2.05) is 0 Å². The molecule has 1 rings (SSSR count). The van der Waals surface area contributed by atoms with Crippen LogP contribution in [0.4, 0.5) is 18.9 Å². The Labute approximate surface area is 128 Å². The molecular formula is C13H15BrF3N3O. The van der Waals surface area contributed by atoms with Crippen molar-refractivity contribution in [3.05, 3.63) is 28.7 Å². The van der Waals surface area contributed by atoms with E-state index in [9.17, 15) is 18.0 Å². The lowest BCUT2D eigenvalue weighted by molar-refractivity contribution is -0.156. The number of benzene rings is 1. The zero-order chi connectivity index (χ0) is 16.3. The van der Waals surface area contributed by atoms with E-state index in [-0.39, 0.29) is 0 Å². The maximum Gasteiger partial charge on any atom is 0.497 e. The minimum absolute atomic E-state index is 0.401. The number of carbonyl (C=O) groups is 1. The third-order valence-electron chi connectivity index (χ3n) is 2.30. The van der Waals surface area contributed by atoms with Crippen LogP contribution >= 0.6 is 15.9 Å². The summed E-state index contributed by atoms with van der Waals surface area (Å²) in [5.41, 5.74) is 0.592. The molecule has 0 aliphatic carbocycles. The van der Waals surface area contributed by atoms with Gasteiger partial charge in [-0.2, -0.15) is 5.10 Å². The Morgan fingerprint density at radius 2 is 1.67 bits per heavy atom. The average molecular weight is 366 g/mol. The van der Waals surface area contributed by atoms with Crippen LogP contribution in [-0.4, -0.2) is 17.9 Å². The Morgan fingerprint density at radius 1 is 1.14 bits per heavy atom. The molecule has 21 heavy (non-hydrogen) atoms. The van der Waals surface area contributed by atoms with Crippen molar-refractivity contribution < 1.29 is 18.0 Å². The molecule has 0 heterocycles. The van der Waals surface area contributed by atoms with E-state index in [2.05, 4.69) is 26.3 Å². The molecule has 1 aromatic rings. The number of hydrazone groups is 1. The van der Waals surface area contributed by atoms with E-state index in [1.54, 1.807) is 45.0 Å². The molecule has 4 nitrogen and oxygen atoms in total. The summed E-state index contributed by atoms with van der Waals surface area (Å²) >= 11 is 3.24. The van der Waals surface area contributed by atoms with Gasteiger partial charge in [0.15, 0.2) is 5.84 Å². The van der Waals surface area contributed by atoms with Gasteiger partial charge in [-0.3, -0.25) is 4.79 Å². The first-order valence-electron chi connectivity index (χ1n) is 5.98. The van der Waals surface area contributed by atoms with Gasteiger partial charge >= 0.3 is 6.30 Å². The predicted octanol–water partition coefficient (Wildman–Crippen LogP) is 3.90. The Bertz CT molecular complexity index is 533. The van der Waals surface area contributed by atoms with Crippen molar-refractivity contribution >= 4 is 33.2 Å². The second kappa shape index (κ2) is 6.46. The number of anilines is 1. The molecule has 0 unspecified atom stereocenters. The zero-order valence-electron chi connectivity index (χ0n) is 11.7. The molecule has 2 N–H and O–H groups in total. The number of carbonyl (C=O) groups excluding carboxylic acids is 1. The van der Waals surface area contributed by atoms with E-state index in [1.165, 1.54) is 0 Å². The van der Waals surface area contributed by atoms with Gasteiger partial charge in [0.2, 0.25) is 5.78 Å². The SMILES string of the molecule is CC(C)(C)C(=O)C(=NNC(F)(F)F)Nc1ccc(Br)cc1. The van der Waals surface area contributed by atoms with Gasteiger partial charge in [0.05, 0.1) is 0 Å². The standard InChI is InChI=1S/C13H15BrF3N3O/c1-12(2,3)10(21)11(19-20-13(15,16)17)18-9-6-4-8(14)5-7-9/h4-7,20H,1-3H3,(H,18,19). The van der Waals surface area contributed by atoms with Gasteiger partial charge in [-0.1, -0.05) is 36.7 Å². The number of hydrogen-bond donors (Lipinski definition) is 2. The van der Waals surface area contributed by atoms with Crippen LogP contribution in [0, 0.1) is 5.41 Å². The lowest BCUT2D eigenvalue weighted by atomic mass is 9.90. The Hall–Kier alpha value is -1.57. The van der Waals surface area contributed by atoms with Crippen molar-refractivity contribution in [2.45, 2.75) is 27.1 Å². The highest BCUT2D eigenvalue weighted by Crippen LogP contribution is 2.19. The molecule has 0 aliphatic heterocycles. The van der Waals surface area contributed by atoms with E-state index >= 15 is 0 Å². The molecule has 0 bridgehead atoms. The summed E-state index contributed by atoms with van der Waals surface area (Å²) in [4.78, 5) is 12.1. The summed E-state index contributed by atoms with van der Waals surface area (Å²) in [7, 11) is 0. The maximum atomic E-state index is 12.2. The van der Waals surface area contributed by atoms with E-state index in [0.717, 1.165) is 9.90 Å². The van der Waals surface area contributed by atoms with Gasteiger partial charge < -0.3 is 5.32 Å². The fourth-order valence-electron chi connectivity index (χ4n) is 1.28. The van der Waals surface area contributed by atoms with Gasteiger partial charge in [0, 0.05) is 15.6 Å². The molecule has 8 heteroatoms. The third-order valence-corrected chi connectivity index (χ3v) is 2.83. The van der Waals surface area contributed by atoms with Crippen LogP contribution in [0.1, 0.15) is 20.8 Å². The number of alkyl halides is 3. The Kier molecular flexibility index (Phi) is 5.38. The summed E-state index contributed by atoms with van der Waals surface area (Å²) in [6.45, 7) is 4.80. The van der Waals surface area contributed by atoms with Crippen LogP contribution in [0.5, 0.6) is 0 Å². The molecule has 0 radical (unpaired) electrons.